The van der Waals surface area contributed by atoms with Crippen molar-refractivity contribution in [2.45, 2.75) is 19.0 Å². The van der Waals surface area contributed by atoms with Crippen molar-refractivity contribution in [2.75, 3.05) is 18.1 Å². The largest absolute Gasteiger partial charge is 0.452 e. The van der Waals surface area contributed by atoms with E-state index in [9.17, 15) is 18.0 Å². The number of carbonyl (C=O) groups is 2. The summed E-state index contributed by atoms with van der Waals surface area (Å²) < 4.78 is 28.9. The predicted molar refractivity (Wildman–Crippen MR) is 105 cm³/mol. The predicted octanol–water partition coefficient (Wildman–Crippen LogP) is 1.93. The van der Waals surface area contributed by atoms with Gasteiger partial charge < -0.3 is 9.64 Å². The number of nitrogens with zero attached hydrogens (tertiary/aromatic N) is 2. The summed E-state index contributed by atoms with van der Waals surface area (Å²) in [6, 6.07) is 16.6. The summed E-state index contributed by atoms with van der Waals surface area (Å²) in [5.74, 6) is -1.17. The Morgan fingerprint density at radius 3 is 2.38 bits per heavy atom. The summed E-state index contributed by atoms with van der Waals surface area (Å²) in [7, 11) is -3.18. The fourth-order valence-corrected chi connectivity index (χ4v) is 4.93. The number of esters is 1. The van der Waals surface area contributed by atoms with Gasteiger partial charge in [-0.25, -0.2) is 13.2 Å². The summed E-state index contributed by atoms with van der Waals surface area (Å²) in [6.07, 6.45) is 0.366. The van der Waals surface area contributed by atoms with Crippen molar-refractivity contribution in [1.82, 2.24) is 4.90 Å². The molecule has 2 aromatic rings. The van der Waals surface area contributed by atoms with Crippen LogP contribution in [0.5, 0.6) is 0 Å². The molecule has 0 N–H and O–H groups in total. The van der Waals surface area contributed by atoms with E-state index < -0.39 is 34.4 Å². The second-order valence-electron chi connectivity index (χ2n) is 6.83. The first-order valence-electron chi connectivity index (χ1n) is 9.09. The molecule has 0 aliphatic carbocycles. The Bertz CT molecular complexity index is 1030. The van der Waals surface area contributed by atoms with E-state index in [-0.39, 0.29) is 23.6 Å². The molecule has 1 saturated heterocycles. The maximum atomic E-state index is 12.8. The van der Waals surface area contributed by atoms with Crippen LogP contribution in [0, 0.1) is 11.3 Å². The lowest BCUT2D eigenvalue weighted by Crippen LogP contribution is -2.42. The third kappa shape index (κ3) is 5.42. The highest BCUT2D eigenvalue weighted by atomic mass is 32.2. The lowest BCUT2D eigenvalue weighted by molar-refractivity contribution is -0.137. The average Bonchev–Trinajstić information content (AvgIpc) is 3.10. The molecular formula is C21H20N2O5S. The van der Waals surface area contributed by atoms with E-state index in [4.69, 9.17) is 10.00 Å². The van der Waals surface area contributed by atoms with Crippen LogP contribution in [-0.4, -0.2) is 49.3 Å². The molecule has 150 valence electrons. The van der Waals surface area contributed by atoms with Crippen molar-refractivity contribution >= 4 is 21.7 Å². The number of ether oxygens (including phenoxy) is 1. The van der Waals surface area contributed by atoms with Gasteiger partial charge in [-0.05, 0) is 36.2 Å². The average molecular weight is 412 g/mol. The minimum atomic E-state index is -3.18. The van der Waals surface area contributed by atoms with Crippen LogP contribution in [0.15, 0.2) is 54.6 Å². The molecule has 7 nitrogen and oxygen atoms in total. The molecule has 3 rings (SSSR count). The van der Waals surface area contributed by atoms with Gasteiger partial charge in [0.05, 0.1) is 28.7 Å². The van der Waals surface area contributed by atoms with E-state index in [2.05, 4.69) is 0 Å². The minimum Gasteiger partial charge on any atom is -0.452 e. The third-order valence-electron chi connectivity index (χ3n) is 4.74. The Labute approximate surface area is 169 Å². The lowest BCUT2D eigenvalue weighted by atomic mass is 10.1. The number of sulfone groups is 1. The Hall–Kier alpha value is -3.18. The number of carbonyl (C=O) groups excluding carboxylic acids is 2. The van der Waals surface area contributed by atoms with Gasteiger partial charge in [-0.15, -0.1) is 0 Å². The Morgan fingerprint density at radius 2 is 1.79 bits per heavy atom. The maximum absolute atomic E-state index is 12.8. The van der Waals surface area contributed by atoms with Gasteiger partial charge in [0.2, 0.25) is 0 Å². The minimum absolute atomic E-state index is 0.0429. The highest BCUT2D eigenvalue weighted by Crippen LogP contribution is 2.20. The van der Waals surface area contributed by atoms with E-state index in [1.807, 2.05) is 36.4 Å². The maximum Gasteiger partial charge on any atom is 0.338 e. The lowest BCUT2D eigenvalue weighted by Gasteiger charge is -2.28. The molecular weight excluding hydrogens is 392 g/mol. The van der Waals surface area contributed by atoms with Gasteiger partial charge in [0.15, 0.2) is 16.4 Å². The molecule has 0 spiro atoms. The normalized spacial score (nSPS) is 17.3. The molecule has 1 heterocycles. The van der Waals surface area contributed by atoms with Gasteiger partial charge in [0.1, 0.15) is 0 Å². The van der Waals surface area contributed by atoms with Crippen LogP contribution in [-0.2, 0) is 25.9 Å². The topological polar surface area (TPSA) is 105 Å². The number of amides is 1. The van der Waals surface area contributed by atoms with Crippen LogP contribution in [0.4, 0.5) is 0 Å². The van der Waals surface area contributed by atoms with E-state index in [1.54, 1.807) is 0 Å². The molecule has 1 fully saturated rings. The van der Waals surface area contributed by atoms with E-state index in [1.165, 1.54) is 29.2 Å². The summed E-state index contributed by atoms with van der Waals surface area (Å²) in [5, 5.41) is 8.81. The van der Waals surface area contributed by atoms with E-state index in [0.29, 0.717) is 12.0 Å². The van der Waals surface area contributed by atoms with Crippen LogP contribution in [0.2, 0.25) is 0 Å². The van der Waals surface area contributed by atoms with Crippen molar-refractivity contribution < 1.29 is 22.7 Å². The van der Waals surface area contributed by atoms with Crippen molar-refractivity contribution in [3.8, 4) is 6.07 Å². The number of benzene rings is 2. The molecule has 0 aromatic heterocycles. The number of hydrogen-bond acceptors (Lipinski definition) is 6. The molecule has 1 atom stereocenters. The molecule has 2 aromatic carbocycles. The molecule has 8 heteroatoms. The molecule has 1 amide bonds. The van der Waals surface area contributed by atoms with Gasteiger partial charge >= 0.3 is 5.97 Å². The Morgan fingerprint density at radius 1 is 1.10 bits per heavy atom. The SMILES string of the molecule is N#Cc1ccc(C(=O)OCC(=O)N(Cc2ccccc2)[C@@H]2CCS(=O)(=O)C2)cc1. The zero-order valence-electron chi connectivity index (χ0n) is 15.7. The smallest absolute Gasteiger partial charge is 0.338 e. The quantitative estimate of drug-likeness (QED) is 0.672. The standard InChI is InChI=1S/C21H20N2O5S/c22-12-16-6-8-18(9-7-16)21(25)28-14-20(24)23(13-17-4-2-1-3-5-17)19-10-11-29(26,27)15-19/h1-9,19H,10-11,13-15H2/t19-/m1/s1. The zero-order chi connectivity index (χ0) is 20.9. The molecule has 29 heavy (non-hydrogen) atoms. The first-order valence-corrected chi connectivity index (χ1v) is 10.9. The summed E-state index contributed by atoms with van der Waals surface area (Å²) >= 11 is 0. The van der Waals surface area contributed by atoms with Crippen molar-refractivity contribution in [1.29, 1.82) is 5.26 Å². The summed E-state index contributed by atoms with van der Waals surface area (Å²) in [4.78, 5) is 26.5. The van der Waals surface area contributed by atoms with Crippen molar-refractivity contribution in [3.05, 3.63) is 71.3 Å². The van der Waals surface area contributed by atoms with Gasteiger partial charge in [-0.3, -0.25) is 4.79 Å². The molecule has 1 aliphatic heterocycles. The second-order valence-corrected chi connectivity index (χ2v) is 9.06. The second kappa shape index (κ2) is 8.88. The third-order valence-corrected chi connectivity index (χ3v) is 6.49. The fraction of sp³-hybridized carbons (Fsp3) is 0.286. The number of nitriles is 1. The van der Waals surface area contributed by atoms with E-state index >= 15 is 0 Å². The van der Waals surface area contributed by atoms with Crippen LogP contribution in [0.25, 0.3) is 0 Å². The highest BCUT2D eigenvalue weighted by Gasteiger charge is 2.35. The number of hydrogen-bond donors (Lipinski definition) is 0. The first kappa shape index (κ1) is 20.6. The van der Waals surface area contributed by atoms with Crippen molar-refractivity contribution in [3.63, 3.8) is 0 Å². The molecule has 0 radical (unpaired) electrons. The summed E-state index contributed by atoms with van der Waals surface area (Å²) in [6.45, 7) is -0.240. The van der Waals surface area contributed by atoms with Crippen LogP contribution < -0.4 is 0 Å². The van der Waals surface area contributed by atoms with Crippen molar-refractivity contribution in [2.24, 2.45) is 0 Å². The Balaban J connectivity index is 1.68. The monoisotopic (exact) mass is 412 g/mol. The highest BCUT2D eigenvalue weighted by molar-refractivity contribution is 7.91. The van der Waals surface area contributed by atoms with Gasteiger partial charge in [-0.2, -0.15) is 5.26 Å². The summed E-state index contributed by atoms with van der Waals surface area (Å²) in [5.41, 5.74) is 1.51. The van der Waals surface area contributed by atoms with Gasteiger partial charge in [0, 0.05) is 12.6 Å². The van der Waals surface area contributed by atoms with Gasteiger partial charge in [0.25, 0.3) is 5.91 Å². The van der Waals surface area contributed by atoms with Gasteiger partial charge in [-0.1, -0.05) is 30.3 Å². The Kier molecular flexibility index (Phi) is 6.29. The molecule has 0 bridgehead atoms. The molecule has 0 unspecified atom stereocenters. The molecule has 1 aliphatic rings. The van der Waals surface area contributed by atoms with E-state index in [0.717, 1.165) is 5.56 Å². The van der Waals surface area contributed by atoms with Crippen LogP contribution in [0.1, 0.15) is 27.9 Å². The van der Waals surface area contributed by atoms with Crippen LogP contribution in [0.3, 0.4) is 0 Å². The molecule has 0 saturated carbocycles. The zero-order valence-corrected chi connectivity index (χ0v) is 16.5. The first-order chi connectivity index (χ1) is 13.9. The van der Waals surface area contributed by atoms with Crippen LogP contribution >= 0.6 is 0 Å². The fourth-order valence-electron chi connectivity index (χ4n) is 3.20. The number of rotatable bonds is 6.